The number of hydrogen-bond donors (Lipinski definition) is 3. The highest BCUT2D eigenvalue weighted by Gasteiger charge is 2.17. The van der Waals surface area contributed by atoms with Crippen LogP contribution in [0.1, 0.15) is 5.56 Å². The topological polar surface area (TPSA) is 143 Å². The number of hydrogen-bond acceptors (Lipinski definition) is 7. The molecule has 4 N–H and O–H groups in total. The minimum Gasteiger partial charge on any atom is -0.409 e. The molecule has 2 aromatic heterocycles. The zero-order valence-electron chi connectivity index (χ0n) is 9.35. The fraction of sp³-hybridized carbons (Fsp3) is 0. The molecule has 0 radical (unpaired) electrons. The standard InChI is InChI=1S/C9H8N6O3S/c10-7(14-16)6-3-5(15(17)18)4-13-8(6)19-9-11-1-2-12-9/h1-4,16H,(H2,10,14)(H,11,12). The maximum Gasteiger partial charge on any atom is 0.288 e. The van der Waals surface area contributed by atoms with Gasteiger partial charge in [0.25, 0.3) is 5.69 Å². The number of amidine groups is 1. The van der Waals surface area contributed by atoms with Crippen molar-refractivity contribution in [3.63, 3.8) is 0 Å². The van der Waals surface area contributed by atoms with Gasteiger partial charge in [0.2, 0.25) is 0 Å². The Kier molecular flexibility index (Phi) is 3.61. The third-order valence-electron chi connectivity index (χ3n) is 2.10. The number of pyridine rings is 1. The summed E-state index contributed by atoms with van der Waals surface area (Å²) in [6.45, 7) is 0. The van der Waals surface area contributed by atoms with Crippen LogP contribution < -0.4 is 5.73 Å². The summed E-state index contributed by atoms with van der Waals surface area (Å²) in [4.78, 5) is 20.8. The van der Waals surface area contributed by atoms with Crippen molar-refractivity contribution in [3.05, 3.63) is 40.3 Å². The number of nitrogens with one attached hydrogen (secondary N) is 1. The predicted molar refractivity (Wildman–Crippen MR) is 66.1 cm³/mol. The van der Waals surface area contributed by atoms with Crippen LogP contribution in [0.25, 0.3) is 0 Å². The second kappa shape index (κ2) is 5.35. The molecule has 0 saturated heterocycles. The van der Waals surface area contributed by atoms with Crippen molar-refractivity contribution in [1.29, 1.82) is 0 Å². The highest BCUT2D eigenvalue weighted by Crippen LogP contribution is 2.28. The maximum absolute atomic E-state index is 10.7. The zero-order chi connectivity index (χ0) is 13.8. The van der Waals surface area contributed by atoms with E-state index in [0.717, 1.165) is 18.0 Å². The molecule has 9 nitrogen and oxygen atoms in total. The van der Waals surface area contributed by atoms with E-state index in [1.807, 2.05) is 0 Å². The van der Waals surface area contributed by atoms with Crippen LogP contribution in [0.3, 0.4) is 0 Å². The van der Waals surface area contributed by atoms with E-state index in [-0.39, 0.29) is 17.1 Å². The number of aromatic amines is 1. The molecule has 0 unspecified atom stereocenters. The van der Waals surface area contributed by atoms with Gasteiger partial charge in [0.15, 0.2) is 11.0 Å². The minimum absolute atomic E-state index is 0.165. The van der Waals surface area contributed by atoms with Gasteiger partial charge in [-0.2, -0.15) is 0 Å². The Morgan fingerprint density at radius 1 is 1.58 bits per heavy atom. The Balaban J connectivity index is 2.44. The lowest BCUT2D eigenvalue weighted by atomic mass is 10.2. The van der Waals surface area contributed by atoms with Crippen molar-refractivity contribution in [2.24, 2.45) is 10.9 Å². The van der Waals surface area contributed by atoms with Gasteiger partial charge in [0.05, 0.1) is 10.5 Å². The molecule has 10 heteroatoms. The SMILES string of the molecule is N/C(=N/O)c1cc([N+](=O)[O-])cnc1Sc1ncc[nH]1. The Bertz CT molecular complexity index is 627. The first-order chi connectivity index (χ1) is 9.11. The molecule has 2 rings (SSSR count). The summed E-state index contributed by atoms with van der Waals surface area (Å²) in [5.41, 5.74) is 5.41. The first kappa shape index (κ1) is 12.8. The first-order valence-electron chi connectivity index (χ1n) is 4.91. The number of imidazole rings is 1. The van der Waals surface area contributed by atoms with Gasteiger partial charge in [-0.3, -0.25) is 10.1 Å². The van der Waals surface area contributed by atoms with E-state index in [1.54, 1.807) is 12.4 Å². The molecule has 0 aromatic carbocycles. The highest BCUT2D eigenvalue weighted by molar-refractivity contribution is 7.99. The average Bonchev–Trinajstić information content (AvgIpc) is 2.91. The van der Waals surface area contributed by atoms with E-state index in [9.17, 15) is 10.1 Å². The van der Waals surface area contributed by atoms with Gasteiger partial charge in [-0.15, -0.1) is 0 Å². The van der Waals surface area contributed by atoms with Crippen molar-refractivity contribution in [2.45, 2.75) is 10.2 Å². The van der Waals surface area contributed by atoms with Crippen LogP contribution in [-0.2, 0) is 0 Å². The predicted octanol–water partition coefficient (Wildman–Crippen LogP) is 0.959. The fourth-order valence-corrected chi connectivity index (χ4v) is 2.06. The van der Waals surface area contributed by atoms with E-state index >= 15 is 0 Å². The molecule has 0 amide bonds. The Labute approximate surface area is 110 Å². The van der Waals surface area contributed by atoms with Crippen LogP contribution in [0.4, 0.5) is 5.69 Å². The number of nitrogens with two attached hydrogens (primary N) is 1. The van der Waals surface area contributed by atoms with Gasteiger partial charge >= 0.3 is 0 Å². The van der Waals surface area contributed by atoms with Gasteiger partial charge in [-0.1, -0.05) is 5.16 Å². The molecule has 0 saturated carbocycles. The maximum atomic E-state index is 10.7. The van der Waals surface area contributed by atoms with Crippen LogP contribution in [0.5, 0.6) is 0 Å². The Morgan fingerprint density at radius 3 is 2.95 bits per heavy atom. The van der Waals surface area contributed by atoms with Gasteiger partial charge in [0.1, 0.15) is 11.2 Å². The van der Waals surface area contributed by atoms with Crippen LogP contribution in [0, 0.1) is 10.1 Å². The summed E-state index contributed by atoms with van der Waals surface area (Å²) in [7, 11) is 0. The normalized spacial score (nSPS) is 11.5. The van der Waals surface area contributed by atoms with Crippen LogP contribution in [-0.4, -0.2) is 30.9 Å². The third-order valence-corrected chi connectivity index (χ3v) is 3.03. The summed E-state index contributed by atoms with van der Waals surface area (Å²) in [5, 5.41) is 23.1. The molecule has 0 aliphatic rings. The van der Waals surface area contributed by atoms with E-state index in [0.29, 0.717) is 10.2 Å². The summed E-state index contributed by atoms with van der Waals surface area (Å²) in [5.74, 6) is -0.259. The van der Waals surface area contributed by atoms with Crippen LogP contribution in [0.15, 0.2) is 40.0 Å². The Morgan fingerprint density at radius 2 is 2.37 bits per heavy atom. The largest absolute Gasteiger partial charge is 0.409 e. The van der Waals surface area contributed by atoms with E-state index in [4.69, 9.17) is 10.9 Å². The average molecular weight is 280 g/mol. The van der Waals surface area contributed by atoms with Crippen molar-refractivity contribution < 1.29 is 10.1 Å². The lowest BCUT2D eigenvalue weighted by Crippen LogP contribution is -2.15. The van der Waals surface area contributed by atoms with Crippen molar-refractivity contribution in [1.82, 2.24) is 15.0 Å². The fourth-order valence-electron chi connectivity index (χ4n) is 1.26. The number of oxime groups is 1. The quantitative estimate of drug-likeness (QED) is 0.249. The minimum atomic E-state index is -0.609. The first-order valence-corrected chi connectivity index (χ1v) is 5.73. The van der Waals surface area contributed by atoms with E-state index in [1.165, 1.54) is 6.07 Å². The molecular formula is C9H8N6O3S. The molecule has 2 aromatic rings. The van der Waals surface area contributed by atoms with Gasteiger partial charge < -0.3 is 15.9 Å². The van der Waals surface area contributed by atoms with E-state index in [2.05, 4.69) is 20.1 Å². The number of aromatic nitrogens is 3. The second-order valence-corrected chi connectivity index (χ2v) is 4.26. The molecule has 19 heavy (non-hydrogen) atoms. The van der Waals surface area contributed by atoms with Crippen molar-refractivity contribution >= 4 is 23.3 Å². The zero-order valence-corrected chi connectivity index (χ0v) is 10.2. The molecule has 0 bridgehead atoms. The number of rotatable bonds is 4. The molecular weight excluding hydrogens is 272 g/mol. The highest BCUT2D eigenvalue weighted by atomic mass is 32.2. The lowest BCUT2D eigenvalue weighted by Gasteiger charge is -2.04. The summed E-state index contributed by atoms with van der Waals surface area (Å²) < 4.78 is 0. The lowest BCUT2D eigenvalue weighted by molar-refractivity contribution is -0.385. The Hall–Kier alpha value is -2.62. The van der Waals surface area contributed by atoms with E-state index < -0.39 is 4.92 Å². The monoisotopic (exact) mass is 280 g/mol. The van der Waals surface area contributed by atoms with Gasteiger partial charge in [0, 0.05) is 18.5 Å². The van der Waals surface area contributed by atoms with Crippen LogP contribution >= 0.6 is 11.8 Å². The third kappa shape index (κ3) is 2.80. The summed E-state index contributed by atoms with van der Waals surface area (Å²) in [6.07, 6.45) is 4.27. The molecule has 0 aliphatic carbocycles. The van der Waals surface area contributed by atoms with Gasteiger partial charge in [-0.25, -0.2) is 9.97 Å². The summed E-state index contributed by atoms with van der Waals surface area (Å²) >= 11 is 1.11. The molecule has 0 spiro atoms. The molecule has 2 heterocycles. The number of nitro groups is 1. The van der Waals surface area contributed by atoms with Crippen molar-refractivity contribution in [3.8, 4) is 0 Å². The second-order valence-electron chi connectivity index (χ2n) is 3.28. The molecule has 0 atom stereocenters. The van der Waals surface area contributed by atoms with Gasteiger partial charge in [-0.05, 0) is 11.8 Å². The summed E-state index contributed by atoms with van der Waals surface area (Å²) in [6, 6.07) is 1.19. The molecule has 0 aliphatic heterocycles. The van der Waals surface area contributed by atoms with Crippen LogP contribution in [0.2, 0.25) is 0 Å². The number of H-pyrrole nitrogens is 1. The van der Waals surface area contributed by atoms with Crippen molar-refractivity contribution in [2.75, 3.05) is 0 Å². The number of nitrogens with zero attached hydrogens (tertiary/aromatic N) is 4. The molecule has 98 valence electrons. The smallest absolute Gasteiger partial charge is 0.288 e. The molecule has 0 fully saturated rings.